The van der Waals surface area contributed by atoms with Gasteiger partial charge in [-0.05, 0) is 49.2 Å². The number of benzene rings is 3. The molecule has 0 saturated heterocycles. The maximum Gasteiger partial charge on any atom is 0.261 e. The lowest BCUT2D eigenvalue weighted by atomic mass is 9.99. The molecule has 4 aromatic rings. The van der Waals surface area contributed by atoms with Gasteiger partial charge in [0, 0.05) is 10.9 Å². The number of hydrogen-bond donors (Lipinski definition) is 2. The number of fused-ring (bicyclic) bond motifs is 1. The van der Waals surface area contributed by atoms with Crippen LogP contribution in [0.2, 0.25) is 0 Å². The summed E-state index contributed by atoms with van der Waals surface area (Å²) >= 11 is 1.30. The number of carbonyl (C=O) groups is 3. The first-order valence-corrected chi connectivity index (χ1v) is 12.6. The maximum absolute atomic E-state index is 13.9. The van der Waals surface area contributed by atoms with E-state index in [0.29, 0.717) is 16.1 Å². The van der Waals surface area contributed by atoms with Gasteiger partial charge in [0.1, 0.15) is 6.04 Å². The standard InChI is InChI=1S/C29H29N3O3S/c1-29(2,3)31-28(35)26(21-12-5-4-6-13-21)32(23-16-9-14-20-11-7-8-15-22(20)23)25(33)19-30-27(34)24-17-10-18-36-24/h4-18,26H,19H2,1-3H3,(H,30,34)(H,31,35). The first-order valence-electron chi connectivity index (χ1n) is 11.7. The second kappa shape index (κ2) is 10.7. The summed E-state index contributed by atoms with van der Waals surface area (Å²) < 4.78 is 0. The first kappa shape index (κ1) is 25.1. The van der Waals surface area contributed by atoms with Crippen molar-refractivity contribution in [2.45, 2.75) is 32.4 Å². The van der Waals surface area contributed by atoms with E-state index in [9.17, 15) is 14.4 Å². The van der Waals surface area contributed by atoms with Gasteiger partial charge >= 0.3 is 0 Å². The molecule has 1 aromatic heterocycles. The smallest absolute Gasteiger partial charge is 0.261 e. The fourth-order valence-electron chi connectivity index (χ4n) is 4.06. The maximum atomic E-state index is 13.9. The minimum Gasteiger partial charge on any atom is -0.349 e. The van der Waals surface area contributed by atoms with E-state index < -0.39 is 17.5 Å². The van der Waals surface area contributed by atoms with E-state index in [4.69, 9.17) is 0 Å². The zero-order valence-electron chi connectivity index (χ0n) is 20.5. The second-order valence-electron chi connectivity index (χ2n) is 9.47. The van der Waals surface area contributed by atoms with Crippen molar-refractivity contribution in [2.75, 3.05) is 11.4 Å². The summed E-state index contributed by atoms with van der Waals surface area (Å²) in [7, 11) is 0. The lowest BCUT2D eigenvalue weighted by molar-refractivity contribution is -0.127. The Morgan fingerprint density at radius 3 is 2.25 bits per heavy atom. The normalized spacial score (nSPS) is 12.1. The Balaban J connectivity index is 1.80. The summed E-state index contributed by atoms with van der Waals surface area (Å²) in [4.78, 5) is 42.2. The van der Waals surface area contributed by atoms with Crippen molar-refractivity contribution in [3.63, 3.8) is 0 Å². The molecule has 0 bridgehead atoms. The van der Waals surface area contributed by atoms with Crippen molar-refractivity contribution in [3.05, 3.63) is 101 Å². The highest BCUT2D eigenvalue weighted by atomic mass is 32.1. The van der Waals surface area contributed by atoms with Crippen molar-refractivity contribution >= 4 is 45.5 Å². The molecule has 0 aliphatic heterocycles. The Kier molecular flexibility index (Phi) is 7.50. The van der Waals surface area contributed by atoms with Gasteiger partial charge in [-0.3, -0.25) is 19.3 Å². The van der Waals surface area contributed by atoms with Crippen LogP contribution < -0.4 is 15.5 Å². The fourth-order valence-corrected chi connectivity index (χ4v) is 4.70. The molecule has 3 amide bonds. The lowest BCUT2D eigenvalue weighted by Gasteiger charge is -2.34. The summed E-state index contributed by atoms with van der Waals surface area (Å²) in [5.41, 5.74) is 0.761. The van der Waals surface area contributed by atoms with Gasteiger partial charge < -0.3 is 10.6 Å². The molecule has 0 aliphatic rings. The Labute approximate surface area is 214 Å². The zero-order chi connectivity index (χ0) is 25.7. The van der Waals surface area contributed by atoms with Crippen LogP contribution in [0.4, 0.5) is 5.69 Å². The molecule has 1 unspecified atom stereocenters. The monoisotopic (exact) mass is 499 g/mol. The van der Waals surface area contributed by atoms with Gasteiger partial charge in [-0.15, -0.1) is 11.3 Å². The molecular formula is C29H29N3O3S. The van der Waals surface area contributed by atoms with E-state index in [-0.39, 0.29) is 18.4 Å². The van der Waals surface area contributed by atoms with Crippen molar-refractivity contribution in [1.82, 2.24) is 10.6 Å². The summed E-state index contributed by atoms with van der Waals surface area (Å²) in [5.74, 6) is -1.03. The molecule has 7 heteroatoms. The van der Waals surface area contributed by atoms with E-state index in [1.165, 1.54) is 16.2 Å². The Hall–Kier alpha value is -3.97. The number of amides is 3. The highest BCUT2D eigenvalue weighted by Gasteiger charge is 2.35. The average Bonchev–Trinajstić information content (AvgIpc) is 3.40. The van der Waals surface area contributed by atoms with Crippen LogP contribution in [0.3, 0.4) is 0 Å². The van der Waals surface area contributed by atoms with Crippen molar-refractivity contribution in [3.8, 4) is 0 Å². The second-order valence-corrected chi connectivity index (χ2v) is 10.4. The molecule has 36 heavy (non-hydrogen) atoms. The van der Waals surface area contributed by atoms with Gasteiger partial charge in [-0.1, -0.05) is 72.8 Å². The van der Waals surface area contributed by atoms with Crippen molar-refractivity contribution in [1.29, 1.82) is 0 Å². The number of thiophene rings is 1. The van der Waals surface area contributed by atoms with Crippen LogP contribution in [0.15, 0.2) is 90.3 Å². The molecule has 4 rings (SSSR count). The van der Waals surface area contributed by atoms with Gasteiger partial charge in [-0.25, -0.2) is 0 Å². The van der Waals surface area contributed by atoms with Gasteiger partial charge in [0.2, 0.25) is 11.8 Å². The predicted molar refractivity (Wildman–Crippen MR) is 145 cm³/mol. The molecule has 2 N–H and O–H groups in total. The molecular weight excluding hydrogens is 470 g/mol. The average molecular weight is 500 g/mol. The van der Waals surface area contributed by atoms with Crippen LogP contribution in [0.1, 0.15) is 42.0 Å². The minimum atomic E-state index is -0.942. The lowest BCUT2D eigenvalue weighted by Crippen LogP contribution is -2.51. The largest absolute Gasteiger partial charge is 0.349 e. The molecule has 184 valence electrons. The molecule has 0 fully saturated rings. The predicted octanol–water partition coefficient (Wildman–Crippen LogP) is 5.32. The van der Waals surface area contributed by atoms with Gasteiger partial charge in [0.25, 0.3) is 5.91 Å². The SMILES string of the molecule is CC(C)(C)NC(=O)C(c1ccccc1)N(C(=O)CNC(=O)c1cccs1)c1cccc2ccccc12. The third kappa shape index (κ3) is 5.80. The molecule has 6 nitrogen and oxygen atoms in total. The van der Waals surface area contributed by atoms with E-state index in [1.807, 2.05) is 93.6 Å². The summed E-state index contributed by atoms with van der Waals surface area (Å²) in [6.45, 7) is 5.45. The van der Waals surface area contributed by atoms with Gasteiger partial charge in [-0.2, -0.15) is 0 Å². The fraction of sp³-hybridized carbons (Fsp3) is 0.207. The molecule has 3 aromatic carbocycles. The van der Waals surface area contributed by atoms with E-state index >= 15 is 0 Å². The number of rotatable bonds is 7. The topological polar surface area (TPSA) is 78.5 Å². The zero-order valence-corrected chi connectivity index (χ0v) is 21.3. The summed E-state index contributed by atoms with van der Waals surface area (Å²) in [5, 5.41) is 9.35. The summed E-state index contributed by atoms with van der Waals surface area (Å²) in [6.07, 6.45) is 0. The van der Waals surface area contributed by atoms with Crippen molar-refractivity contribution < 1.29 is 14.4 Å². The van der Waals surface area contributed by atoms with Crippen LogP contribution >= 0.6 is 11.3 Å². The van der Waals surface area contributed by atoms with E-state index in [2.05, 4.69) is 10.6 Å². The van der Waals surface area contributed by atoms with Crippen LogP contribution in [-0.4, -0.2) is 29.8 Å². The molecule has 0 saturated carbocycles. The third-order valence-corrected chi connectivity index (χ3v) is 6.43. The number of nitrogens with one attached hydrogen (secondary N) is 2. The van der Waals surface area contributed by atoms with Crippen LogP contribution in [-0.2, 0) is 9.59 Å². The van der Waals surface area contributed by atoms with Crippen LogP contribution in [0.5, 0.6) is 0 Å². The van der Waals surface area contributed by atoms with Crippen LogP contribution in [0, 0.1) is 0 Å². The Bertz CT molecular complexity index is 1360. The van der Waals surface area contributed by atoms with E-state index in [1.54, 1.807) is 17.5 Å². The minimum absolute atomic E-state index is 0.258. The number of carbonyl (C=O) groups excluding carboxylic acids is 3. The first-order chi connectivity index (χ1) is 17.2. The number of anilines is 1. The molecule has 1 heterocycles. The quantitative estimate of drug-likeness (QED) is 0.361. The van der Waals surface area contributed by atoms with Gasteiger partial charge in [0.15, 0.2) is 0 Å². The molecule has 1 atom stereocenters. The van der Waals surface area contributed by atoms with Crippen LogP contribution in [0.25, 0.3) is 10.8 Å². The van der Waals surface area contributed by atoms with E-state index in [0.717, 1.165) is 10.8 Å². The highest BCUT2D eigenvalue weighted by molar-refractivity contribution is 7.12. The summed E-state index contributed by atoms with van der Waals surface area (Å²) in [6, 6.07) is 25.2. The number of nitrogens with zero attached hydrogens (tertiary/aromatic N) is 1. The molecule has 0 spiro atoms. The van der Waals surface area contributed by atoms with Crippen molar-refractivity contribution in [2.24, 2.45) is 0 Å². The van der Waals surface area contributed by atoms with Gasteiger partial charge in [0.05, 0.1) is 17.1 Å². The third-order valence-electron chi connectivity index (χ3n) is 5.56. The molecule has 0 radical (unpaired) electrons. The number of hydrogen-bond acceptors (Lipinski definition) is 4. The highest BCUT2D eigenvalue weighted by Crippen LogP contribution is 2.34. The molecule has 0 aliphatic carbocycles. The Morgan fingerprint density at radius 2 is 1.56 bits per heavy atom. The Morgan fingerprint density at radius 1 is 0.861 bits per heavy atom.